The van der Waals surface area contributed by atoms with Crippen molar-refractivity contribution in [2.75, 3.05) is 4.72 Å². The van der Waals surface area contributed by atoms with Crippen LogP contribution in [0.15, 0.2) is 77.7 Å². The molecule has 8 heteroatoms. The molecule has 148 valence electrons. The fourth-order valence-corrected chi connectivity index (χ4v) is 3.62. The molecule has 0 heterocycles. The highest BCUT2D eigenvalue weighted by atomic mass is 32.2. The highest BCUT2D eigenvalue weighted by Crippen LogP contribution is 2.24. The Hall–Kier alpha value is -3.78. The Labute approximate surface area is 167 Å². The van der Waals surface area contributed by atoms with Crippen LogP contribution in [0, 0.1) is 0 Å². The lowest BCUT2D eigenvalue weighted by Crippen LogP contribution is -2.13. The smallest absolute Gasteiger partial charge is 0.262 e. The number of carbonyl (C=O) groups excluding carboxylic acids is 1. The van der Waals surface area contributed by atoms with E-state index in [1.807, 2.05) is 0 Å². The third kappa shape index (κ3) is 4.94. The van der Waals surface area contributed by atoms with Crippen LogP contribution in [0.1, 0.15) is 15.9 Å². The largest absolute Gasteiger partial charge is 0.508 e. The number of phenolic OH excluding ortho intramolecular Hbond substituents is 3. The van der Waals surface area contributed by atoms with E-state index in [9.17, 15) is 28.5 Å². The number of aromatic hydroxyl groups is 3. The number of phenols is 3. The molecule has 0 radical (unpaired) electrons. The molecule has 0 saturated carbocycles. The molecule has 0 atom stereocenters. The Morgan fingerprint density at radius 1 is 0.862 bits per heavy atom. The molecule has 0 bridgehead atoms. The maximum atomic E-state index is 12.4. The maximum absolute atomic E-state index is 12.4. The lowest BCUT2D eigenvalue weighted by molar-refractivity contribution is 0.104. The van der Waals surface area contributed by atoms with E-state index in [0.717, 1.165) is 12.1 Å². The van der Waals surface area contributed by atoms with E-state index in [0.29, 0.717) is 5.56 Å². The number of carbonyl (C=O) groups is 1. The fourth-order valence-electron chi connectivity index (χ4n) is 2.54. The van der Waals surface area contributed by atoms with E-state index in [2.05, 4.69) is 4.72 Å². The molecule has 0 aliphatic rings. The summed E-state index contributed by atoms with van der Waals surface area (Å²) in [5.74, 6) is -0.866. The molecule has 3 rings (SSSR count). The molecule has 0 unspecified atom stereocenters. The van der Waals surface area contributed by atoms with Crippen molar-refractivity contribution in [1.29, 1.82) is 0 Å². The van der Waals surface area contributed by atoms with Crippen LogP contribution in [0.4, 0.5) is 5.69 Å². The van der Waals surface area contributed by atoms with Gasteiger partial charge in [0, 0.05) is 28.9 Å². The maximum Gasteiger partial charge on any atom is 0.262 e. The average molecular weight is 411 g/mol. The lowest BCUT2D eigenvalue weighted by Gasteiger charge is -2.09. The first-order valence-corrected chi connectivity index (χ1v) is 9.89. The highest BCUT2D eigenvalue weighted by Gasteiger charge is 2.15. The van der Waals surface area contributed by atoms with Crippen molar-refractivity contribution in [3.8, 4) is 17.2 Å². The quantitative estimate of drug-likeness (QED) is 0.364. The number of rotatable bonds is 6. The van der Waals surface area contributed by atoms with Gasteiger partial charge in [0.25, 0.3) is 10.0 Å². The summed E-state index contributed by atoms with van der Waals surface area (Å²) in [6, 6.07) is 15.1. The van der Waals surface area contributed by atoms with E-state index < -0.39 is 15.8 Å². The predicted octanol–water partition coefficient (Wildman–Crippen LogP) is 3.50. The zero-order valence-electron chi connectivity index (χ0n) is 15.0. The van der Waals surface area contributed by atoms with Crippen molar-refractivity contribution >= 4 is 27.6 Å². The summed E-state index contributed by atoms with van der Waals surface area (Å²) in [6.45, 7) is 0. The molecule has 0 aliphatic carbocycles. The molecule has 0 aliphatic heterocycles. The second-order valence-electron chi connectivity index (χ2n) is 6.12. The van der Waals surface area contributed by atoms with Crippen molar-refractivity contribution < 1.29 is 28.5 Å². The Bertz CT molecular complexity index is 1200. The van der Waals surface area contributed by atoms with E-state index in [1.54, 1.807) is 0 Å². The molecular weight excluding hydrogens is 394 g/mol. The van der Waals surface area contributed by atoms with Gasteiger partial charge >= 0.3 is 0 Å². The van der Waals surface area contributed by atoms with Gasteiger partial charge in [0.15, 0.2) is 5.78 Å². The van der Waals surface area contributed by atoms with Crippen LogP contribution < -0.4 is 4.72 Å². The summed E-state index contributed by atoms with van der Waals surface area (Å²) in [6.07, 6.45) is 2.62. The van der Waals surface area contributed by atoms with E-state index in [4.69, 9.17) is 0 Å². The van der Waals surface area contributed by atoms with Gasteiger partial charge in [0.1, 0.15) is 17.2 Å². The number of hydrogen-bond donors (Lipinski definition) is 4. The molecule has 0 fully saturated rings. The van der Waals surface area contributed by atoms with Gasteiger partial charge in [-0.3, -0.25) is 9.52 Å². The summed E-state index contributed by atoms with van der Waals surface area (Å²) in [7, 11) is -3.94. The monoisotopic (exact) mass is 411 g/mol. The van der Waals surface area contributed by atoms with Crippen molar-refractivity contribution in [2.45, 2.75) is 4.90 Å². The van der Waals surface area contributed by atoms with Crippen LogP contribution in [0.3, 0.4) is 0 Å². The van der Waals surface area contributed by atoms with Crippen LogP contribution >= 0.6 is 0 Å². The SMILES string of the molecule is O=C(/C=C/c1ccc(O)cc1O)c1cccc(NS(=O)(=O)c2cccc(O)c2)c1. The number of ketones is 1. The van der Waals surface area contributed by atoms with Gasteiger partial charge in [-0.1, -0.05) is 18.2 Å². The van der Waals surface area contributed by atoms with Gasteiger partial charge in [-0.2, -0.15) is 0 Å². The molecule has 0 amide bonds. The van der Waals surface area contributed by atoms with Crippen LogP contribution in [0.2, 0.25) is 0 Å². The first kappa shape index (κ1) is 20.0. The molecule has 0 spiro atoms. The second kappa shape index (κ2) is 8.07. The fraction of sp³-hybridized carbons (Fsp3) is 0. The molecule has 29 heavy (non-hydrogen) atoms. The molecule has 3 aromatic carbocycles. The van der Waals surface area contributed by atoms with Crippen molar-refractivity contribution in [3.05, 3.63) is 83.9 Å². The summed E-state index contributed by atoms with van der Waals surface area (Å²) >= 11 is 0. The number of hydrogen-bond acceptors (Lipinski definition) is 6. The van der Waals surface area contributed by atoms with Gasteiger partial charge in [-0.15, -0.1) is 0 Å². The summed E-state index contributed by atoms with van der Waals surface area (Å²) < 4.78 is 27.2. The Morgan fingerprint density at radius 2 is 1.59 bits per heavy atom. The Morgan fingerprint density at radius 3 is 2.31 bits per heavy atom. The standard InChI is InChI=1S/C21H17NO6S/c23-17-5-2-6-19(12-17)29(27,28)22-16-4-1-3-15(11-16)20(25)10-8-14-7-9-18(24)13-21(14)26/h1-13,22-24,26H/b10-8+. The summed E-state index contributed by atoms with van der Waals surface area (Å²) in [5.41, 5.74) is 0.757. The van der Waals surface area contributed by atoms with Crippen LogP contribution in [0.25, 0.3) is 6.08 Å². The second-order valence-corrected chi connectivity index (χ2v) is 7.81. The van der Waals surface area contributed by atoms with E-state index >= 15 is 0 Å². The Kier molecular flexibility index (Phi) is 5.56. The van der Waals surface area contributed by atoms with Gasteiger partial charge in [0.05, 0.1) is 4.90 Å². The first-order valence-electron chi connectivity index (χ1n) is 8.41. The number of benzene rings is 3. The van der Waals surface area contributed by atoms with Gasteiger partial charge in [0.2, 0.25) is 0 Å². The van der Waals surface area contributed by atoms with E-state index in [1.165, 1.54) is 66.7 Å². The molecule has 0 saturated heterocycles. The van der Waals surface area contributed by atoms with Crippen molar-refractivity contribution in [2.24, 2.45) is 0 Å². The van der Waals surface area contributed by atoms with Crippen molar-refractivity contribution in [1.82, 2.24) is 0 Å². The predicted molar refractivity (Wildman–Crippen MR) is 108 cm³/mol. The number of anilines is 1. The Balaban J connectivity index is 1.80. The van der Waals surface area contributed by atoms with Gasteiger partial charge in [-0.25, -0.2) is 8.42 Å². The average Bonchev–Trinajstić information content (AvgIpc) is 2.67. The topological polar surface area (TPSA) is 124 Å². The minimum absolute atomic E-state index is 0.0994. The minimum atomic E-state index is -3.94. The summed E-state index contributed by atoms with van der Waals surface area (Å²) in [4.78, 5) is 12.3. The molecular formula is C21H17NO6S. The van der Waals surface area contributed by atoms with Crippen LogP contribution in [-0.4, -0.2) is 29.5 Å². The number of allylic oxidation sites excluding steroid dienone is 1. The number of sulfonamides is 1. The molecule has 0 aromatic heterocycles. The lowest BCUT2D eigenvalue weighted by atomic mass is 10.1. The normalized spacial score (nSPS) is 11.4. The first-order chi connectivity index (χ1) is 13.7. The minimum Gasteiger partial charge on any atom is -0.508 e. The molecule has 4 N–H and O–H groups in total. The van der Waals surface area contributed by atoms with Crippen molar-refractivity contribution in [3.63, 3.8) is 0 Å². The van der Waals surface area contributed by atoms with Crippen LogP contribution in [0.5, 0.6) is 17.2 Å². The van der Waals surface area contributed by atoms with Gasteiger partial charge < -0.3 is 15.3 Å². The molecule has 3 aromatic rings. The van der Waals surface area contributed by atoms with Crippen LogP contribution in [-0.2, 0) is 10.0 Å². The molecule has 7 nitrogen and oxygen atoms in total. The third-order valence-corrected chi connectivity index (χ3v) is 5.33. The summed E-state index contributed by atoms with van der Waals surface area (Å²) in [5, 5.41) is 28.5. The third-order valence-electron chi connectivity index (χ3n) is 3.96. The van der Waals surface area contributed by atoms with E-state index in [-0.39, 0.29) is 33.4 Å². The number of nitrogens with one attached hydrogen (secondary N) is 1. The highest BCUT2D eigenvalue weighted by molar-refractivity contribution is 7.92. The zero-order valence-corrected chi connectivity index (χ0v) is 15.8. The van der Waals surface area contributed by atoms with Gasteiger partial charge in [-0.05, 0) is 48.6 Å². The zero-order chi connectivity index (χ0) is 21.0.